The summed E-state index contributed by atoms with van der Waals surface area (Å²) in [5.74, 6) is -0.492. The van der Waals surface area contributed by atoms with Crippen LogP contribution >= 0.6 is 0 Å². The molecule has 1 aromatic heterocycles. The van der Waals surface area contributed by atoms with Crippen LogP contribution in [0.3, 0.4) is 0 Å². The largest absolute Gasteiger partial charge is 0.479 e. The number of carboxylic acids is 1. The minimum absolute atomic E-state index is 0.157. The molecule has 0 bridgehead atoms. The number of carbonyl (C=O) groups excluding carboxylic acids is 1. The number of hydrogen-bond acceptors (Lipinski definition) is 4. The Bertz CT molecular complexity index is 624. The van der Waals surface area contributed by atoms with E-state index in [9.17, 15) is 14.7 Å². The Balaban J connectivity index is 1.94. The molecule has 0 fully saturated rings. The van der Waals surface area contributed by atoms with Gasteiger partial charge in [0.2, 0.25) is 0 Å². The van der Waals surface area contributed by atoms with Crippen LogP contribution in [0.15, 0.2) is 40.9 Å². The van der Waals surface area contributed by atoms with Crippen molar-refractivity contribution in [3.8, 4) is 0 Å². The fourth-order valence-corrected chi connectivity index (χ4v) is 1.79. The van der Waals surface area contributed by atoms with Gasteiger partial charge in [0.25, 0.3) is 0 Å². The predicted molar refractivity (Wildman–Crippen MR) is 73.4 cm³/mol. The number of urea groups is 1. The number of aryl methyl sites for hydroxylation is 1. The lowest BCUT2D eigenvalue weighted by Crippen LogP contribution is -2.40. The number of carbonyl (C=O) groups is 2. The maximum Gasteiger partial charge on any atom is 0.330 e. The van der Waals surface area contributed by atoms with E-state index in [-0.39, 0.29) is 6.54 Å². The zero-order valence-corrected chi connectivity index (χ0v) is 11.4. The number of carboxylic acid groups (broad SMARTS) is 1. The van der Waals surface area contributed by atoms with Gasteiger partial charge in [-0.05, 0) is 12.5 Å². The fourth-order valence-electron chi connectivity index (χ4n) is 1.79. The van der Waals surface area contributed by atoms with Crippen LogP contribution in [0.5, 0.6) is 0 Å². The van der Waals surface area contributed by atoms with Gasteiger partial charge in [-0.15, -0.1) is 0 Å². The molecule has 1 atom stereocenters. The van der Waals surface area contributed by atoms with Crippen LogP contribution in [0, 0.1) is 6.92 Å². The van der Waals surface area contributed by atoms with Crippen LogP contribution in [0.4, 0.5) is 4.79 Å². The molecule has 110 valence electrons. The molecule has 3 N–H and O–H groups in total. The number of amides is 2. The van der Waals surface area contributed by atoms with E-state index in [1.165, 1.54) is 0 Å². The Hall–Kier alpha value is -2.83. The molecule has 7 nitrogen and oxygen atoms in total. The topological polar surface area (TPSA) is 104 Å². The minimum atomic E-state index is -1.13. The molecular weight excluding hydrogens is 274 g/mol. The van der Waals surface area contributed by atoms with Crippen LogP contribution in [0.25, 0.3) is 0 Å². The van der Waals surface area contributed by atoms with Crippen molar-refractivity contribution in [1.29, 1.82) is 0 Å². The Morgan fingerprint density at radius 3 is 2.62 bits per heavy atom. The third kappa shape index (κ3) is 4.07. The molecule has 0 saturated heterocycles. The van der Waals surface area contributed by atoms with Gasteiger partial charge in [0.05, 0.1) is 6.54 Å². The smallest absolute Gasteiger partial charge is 0.330 e. The van der Waals surface area contributed by atoms with Gasteiger partial charge in [0, 0.05) is 6.07 Å². The van der Waals surface area contributed by atoms with Gasteiger partial charge < -0.3 is 20.3 Å². The van der Waals surface area contributed by atoms with Crippen molar-refractivity contribution in [2.45, 2.75) is 19.5 Å². The average molecular weight is 289 g/mol. The van der Waals surface area contributed by atoms with E-state index in [1.54, 1.807) is 43.3 Å². The minimum Gasteiger partial charge on any atom is -0.479 e. The first kappa shape index (κ1) is 14.6. The van der Waals surface area contributed by atoms with Crippen LogP contribution in [-0.4, -0.2) is 22.3 Å². The Kier molecular flexibility index (Phi) is 4.55. The molecule has 0 saturated carbocycles. The highest BCUT2D eigenvalue weighted by Crippen LogP contribution is 2.12. The van der Waals surface area contributed by atoms with Crippen molar-refractivity contribution in [1.82, 2.24) is 15.8 Å². The fraction of sp³-hybridized carbons (Fsp3) is 0.214. The number of aliphatic carboxylic acids is 1. The lowest BCUT2D eigenvalue weighted by Gasteiger charge is -2.15. The Morgan fingerprint density at radius 2 is 2.05 bits per heavy atom. The molecule has 1 aromatic carbocycles. The number of benzene rings is 1. The highest BCUT2D eigenvalue weighted by molar-refractivity contribution is 5.83. The normalized spacial score (nSPS) is 11.7. The van der Waals surface area contributed by atoms with Gasteiger partial charge in [-0.2, -0.15) is 0 Å². The molecular formula is C14H15N3O4. The molecule has 0 aliphatic carbocycles. The second kappa shape index (κ2) is 6.56. The summed E-state index contributed by atoms with van der Waals surface area (Å²) in [5.41, 5.74) is 1.06. The molecule has 0 spiro atoms. The highest BCUT2D eigenvalue weighted by atomic mass is 16.5. The van der Waals surface area contributed by atoms with E-state index >= 15 is 0 Å². The van der Waals surface area contributed by atoms with E-state index in [0.29, 0.717) is 17.0 Å². The Labute approximate surface area is 120 Å². The van der Waals surface area contributed by atoms with E-state index in [1.807, 2.05) is 0 Å². The van der Waals surface area contributed by atoms with Crippen molar-refractivity contribution in [2.75, 3.05) is 0 Å². The quantitative estimate of drug-likeness (QED) is 0.775. The molecule has 0 aliphatic rings. The molecule has 2 amide bonds. The number of aromatic nitrogens is 1. The monoisotopic (exact) mass is 289 g/mol. The molecule has 1 heterocycles. The van der Waals surface area contributed by atoms with Crippen LogP contribution in [0.2, 0.25) is 0 Å². The van der Waals surface area contributed by atoms with Crippen LogP contribution in [0.1, 0.15) is 23.1 Å². The van der Waals surface area contributed by atoms with Crippen molar-refractivity contribution in [3.63, 3.8) is 0 Å². The molecule has 2 aromatic rings. The summed E-state index contributed by atoms with van der Waals surface area (Å²) >= 11 is 0. The van der Waals surface area contributed by atoms with E-state index in [2.05, 4.69) is 15.8 Å². The van der Waals surface area contributed by atoms with Gasteiger partial charge in [-0.25, -0.2) is 9.59 Å². The van der Waals surface area contributed by atoms with E-state index in [0.717, 1.165) is 0 Å². The third-order valence-corrected chi connectivity index (χ3v) is 2.76. The zero-order chi connectivity index (χ0) is 15.2. The second-order valence-electron chi connectivity index (χ2n) is 4.44. The summed E-state index contributed by atoms with van der Waals surface area (Å²) in [6.45, 7) is 1.90. The average Bonchev–Trinajstić information content (AvgIpc) is 2.89. The maximum atomic E-state index is 11.8. The summed E-state index contributed by atoms with van der Waals surface area (Å²) in [6, 6.07) is 8.46. The number of nitrogens with one attached hydrogen (secondary N) is 2. The zero-order valence-electron chi connectivity index (χ0n) is 11.4. The Morgan fingerprint density at radius 1 is 1.33 bits per heavy atom. The lowest BCUT2D eigenvalue weighted by atomic mass is 10.1. The highest BCUT2D eigenvalue weighted by Gasteiger charge is 2.21. The van der Waals surface area contributed by atoms with Crippen molar-refractivity contribution >= 4 is 12.0 Å². The van der Waals surface area contributed by atoms with Gasteiger partial charge in [0.1, 0.15) is 11.5 Å². The summed E-state index contributed by atoms with van der Waals surface area (Å²) in [4.78, 5) is 23.0. The SMILES string of the molecule is Cc1cc(CNC(=O)N[C@H](C(=O)O)c2ccccc2)no1. The van der Waals surface area contributed by atoms with Crippen molar-refractivity contribution in [2.24, 2.45) is 0 Å². The lowest BCUT2D eigenvalue weighted by molar-refractivity contribution is -0.139. The molecule has 0 radical (unpaired) electrons. The molecule has 2 rings (SSSR count). The standard InChI is InChI=1S/C14H15N3O4/c1-9-7-11(17-21-9)8-15-14(20)16-12(13(18)19)10-5-3-2-4-6-10/h2-7,12H,8H2,1H3,(H,18,19)(H2,15,16,20)/t12-/m0/s1. The van der Waals surface area contributed by atoms with E-state index in [4.69, 9.17) is 4.52 Å². The molecule has 0 aliphatic heterocycles. The van der Waals surface area contributed by atoms with Gasteiger partial charge >= 0.3 is 12.0 Å². The van der Waals surface area contributed by atoms with E-state index < -0.39 is 18.0 Å². The summed E-state index contributed by atoms with van der Waals surface area (Å²) in [5, 5.41) is 17.9. The van der Waals surface area contributed by atoms with Crippen LogP contribution < -0.4 is 10.6 Å². The van der Waals surface area contributed by atoms with Crippen molar-refractivity contribution < 1.29 is 19.2 Å². The summed E-state index contributed by atoms with van der Waals surface area (Å²) in [6.07, 6.45) is 0. The predicted octanol–water partition coefficient (Wildman–Crippen LogP) is 1.61. The summed E-state index contributed by atoms with van der Waals surface area (Å²) in [7, 11) is 0. The number of nitrogens with zero attached hydrogens (tertiary/aromatic N) is 1. The maximum absolute atomic E-state index is 11.8. The third-order valence-electron chi connectivity index (χ3n) is 2.76. The second-order valence-corrected chi connectivity index (χ2v) is 4.44. The number of hydrogen-bond donors (Lipinski definition) is 3. The van der Waals surface area contributed by atoms with Crippen LogP contribution in [-0.2, 0) is 11.3 Å². The molecule has 21 heavy (non-hydrogen) atoms. The molecule has 0 unspecified atom stereocenters. The first-order chi connectivity index (χ1) is 10.1. The van der Waals surface area contributed by atoms with Gasteiger partial charge in [-0.3, -0.25) is 0 Å². The molecule has 7 heteroatoms. The first-order valence-electron chi connectivity index (χ1n) is 6.30. The first-order valence-corrected chi connectivity index (χ1v) is 6.30. The van der Waals surface area contributed by atoms with Gasteiger partial charge in [-0.1, -0.05) is 35.5 Å². The van der Waals surface area contributed by atoms with Gasteiger partial charge in [0.15, 0.2) is 6.04 Å². The van der Waals surface area contributed by atoms with Crippen molar-refractivity contribution in [3.05, 3.63) is 53.4 Å². The number of rotatable bonds is 5. The summed E-state index contributed by atoms with van der Waals surface area (Å²) < 4.78 is 4.87.